The van der Waals surface area contributed by atoms with Gasteiger partial charge in [-0.3, -0.25) is 14.4 Å². The van der Waals surface area contributed by atoms with Crippen LogP contribution in [-0.4, -0.2) is 77.2 Å². The van der Waals surface area contributed by atoms with Crippen LogP contribution in [0, 0.1) is 17.8 Å². The molecule has 3 saturated heterocycles. The lowest BCUT2D eigenvalue weighted by atomic mass is 9.66. The fraction of sp³-hybridized carbons (Fsp3) is 0.594. The second-order valence-electron chi connectivity index (χ2n) is 11.3. The standard InChI is InChI=1S/C32H44N2O6S/c1-5-7-12-20-40-31(38)26-25-21-22(3)32(41-25)27(26)29(36)34(18-10-8-9-11-19-35)28(32)30(37)33(17-6-2)23-13-15-24(39-4)16-14-23/h5-6,13-16,22,25-28,35H,1-2,7-12,17-21H2,3-4H3/t22?,25-,26+,27+,28?,32?/m1/s1. The van der Waals surface area contributed by atoms with Crippen molar-refractivity contribution >= 4 is 35.2 Å². The summed E-state index contributed by atoms with van der Waals surface area (Å²) in [6.07, 6.45) is 8.83. The number of thioether (sulfide) groups is 1. The fourth-order valence-electron chi connectivity index (χ4n) is 6.91. The van der Waals surface area contributed by atoms with Crippen molar-refractivity contribution in [2.45, 2.75) is 67.9 Å². The monoisotopic (exact) mass is 584 g/mol. The van der Waals surface area contributed by atoms with E-state index in [1.54, 1.807) is 40.8 Å². The summed E-state index contributed by atoms with van der Waals surface area (Å²) in [6, 6.07) is 6.61. The molecule has 1 N–H and O–H groups in total. The molecule has 1 aromatic rings. The number of hydrogen-bond acceptors (Lipinski definition) is 7. The molecule has 1 spiro atoms. The number of methoxy groups -OCH3 is 1. The summed E-state index contributed by atoms with van der Waals surface area (Å²) in [6.45, 7) is 10.9. The minimum absolute atomic E-state index is 0.0540. The lowest BCUT2D eigenvalue weighted by Gasteiger charge is -2.40. The highest BCUT2D eigenvalue weighted by Gasteiger charge is 2.76. The van der Waals surface area contributed by atoms with Crippen molar-refractivity contribution in [1.29, 1.82) is 0 Å². The van der Waals surface area contributed by atoms with Crippen molar-refractivity contribution in [1.82, 2.24) is 4.90 Å². The maximum atomic E-state index is 14.7. The predicted molar refractivity (Wildman–Crippen MR) is 162 cm³/mol. The number of benzene rings is 1. The molecule has 41 heavy (non-hydrogen) atoms. The molecule has 8 nitrogen and oxygen atoms in total. The van der Waals surface area contributed by atoms with Crippen LogP contribution >= 0.6 is 11.8 Å². The van der Waals surface area contributed by atoms with Crippen molar-refractivity contribution in [3.8, 4) is 5.75 Å². The third-order valence-electron chi connectivity index (χ3n) is 8.82. The van der Waals surface area contributed by atoms with Crippen molar-refractivity contribution in [2.24, 2.45) is 17.8 Å². The number of esters is 1. The average molecular weight is 585 g/mol. The SMILES string of the molecule is C=CCCCOC(=O)[C@@H]1[C@H]2C(=O)N(CCCCCCO)C(C(=O)N(CC=C)c3ccc(OC)cc3)C23S[C@@H]1CC3C. The third-order valence-corrected chi connectivity index (χ3v) is 10.9. The first-order valence-electron chi connectivity index (χ1n) is 14.8. The third kappa shape index (κ3) is 5.93. The van der Waals surface area contributed by atoms with E-state index in [2.05, 4.69) is 20.1 Å². The van der Waals surface area contributed by atoms with Gasteiger partial charge in [0.05, 0.1) is 30.3 Å². The van der Waals surface area contributed by atoms with Crippen LogP contribution in [0.3, 0.4) is 0 Å². The van der Waals surface area contributed by atoms with Crippen molar-refractivity contribution in [2.75, 3.05) is 38.3 Å². The van der Waals surface area contributed by atoms with Crippen molar-refractivity contribution in [3.63, 3.8) is 0 Å². The summed E-state index contributed by atoms with van der Waals surface area (Å²) in [5.41, 5.74) is 0.703. The Morgan fingerprint density at radius 3 is 2.54 bits per heavy atom. The van der Waals surface area contributed by atoms with Gasteiger partial charge in [-0.2, -0.15) is 0 Å². The number of anilines is 1. The Morgan fingerprint density at radius 1 is 1.15 bits per heavy atom. The van der Waals surface area contributed by atoms with Gasteiger partial charge < -0.3 is 24.4 Å². The molecular weight excluding hydrogens is 540 g/mol. The molecule has 224 valence electrons. The molecular formula is C32H44N2O6S. The number of aliphatic hydroxyl groups excluding tert-OH is 1. The Morgan fingerprint density at radius 2 is 1.88 bits per heavy atom. The summed E-state index contributed by atoms with van der Waals surface area (Å²) in [5, 5.41) is 9.13. The summed E-state index contributed by atoms with van der Waals surface area (Å²) in [4.78, 5) is 45.8. The highest BCUT2D eigenvalue weighted by atomic mass is 32.2. The Kier molecular flexibility index (Phi) is 10.6. The second kappa shape index (κ2) is 13.9. The van der Waals surface area contributed by atoms with E-state index in [1.165, 1.54) is 0 Å². The number of carbonyl (C=O) groups is 3. The van der Waals surface area contributed by atoms with E-state index < -0.39 is 22.6 Å². The molecule has 0 aliphatic carbocycles. The topological polar surface area (TPSA) is 96.4 Å². The molecule has 3 unspecified atom stereocenters. The van der Waals surface area contributed by atoms with Crippen LogP contribution in [0.2, 0.25) is 0 Å². The lowest BCUT2D eigenvalue weighted by molar-refractivity contribution is -0.154. The molecule has 2 bridgehead atoms. The van der Waals surface area contributed by atoms with Gasteiger partial charge in [-0.1, -0.05) is 31.9 Å². The summed E-state index contributed by atoms with van der Waals surface area (Å²) >= 11 is 1.66. The van der Waals surface area contributed by atoms with Crippen LogP contribution in [0.1, 0.15) is 51.9 Å². The number of unbranched alkanes of at least 4 members (excludes halogenated alkanes) is 4. The zero-order valence-electron chi connectivity index (χ0n) is 24.3. The lowest BCUT2D eigenvalue weighted by Crippen LogP contribution is -2.57. The number of aliphatic hydroxyl groups is 1. The molecule has 2 amide bonds. The van der Waals surface area contributed by atoms with Crippen LogP contribution in [0.25, 0.3) is 0 Å². The number of fused-ring (bicyclic) bond motifs is 1. The number of hydrogen-bond donors (Lipinski definition) is 1. The largest absolute Gasteiger partial charge is 0.497 e. The number of carbonyl (C=O) groups excluding carboxylic acids is 3. The van der Waals surface area contributed by atoms with E-state index in [0.29, 0.717) is 37.4 Å². The molecule has 9 heteroatoms. The number of ether oxygens (including phenoxy) is 2. The summed E-state index contributed by atoms with van der Waals surface area (Å²) < 4.78 is 10.3. The van der Waals surface area contributed by atoms with E-state index >= 15 is 0 Å². The maximum Gasteiger partial charge on any atom is 0.310 e. The molecule has 3 aliphatic rings. The number of nitrogens with zero attached hydrogens (tertiary/aromatic N) is 2. The van der Waals surface area contributed by atoms with Crippen LogP contribution in [-0.2, 0) is 19.1 Å². The molecule has 4 rings (SSSR count). The van der Waals surface area contributed by atoms with Crippen molar-refractivity contribution < 1.29 is 29.0 Å². The predicted octanol–water partition coefficient (Wildman–Crippen LogP) is 4.61. The highest BCUT2D eigenvalue weighted by Crippen LogP contribution is 2.68. The maximum absolute atomic E-state index is 14.7. The minimum atomic E-state index is -0.708. The zero-order valence-corrected chi connectivity index (χ0v) is 25.2. The smallest absolute Gasteiger partial charge is 0.310 e. The molecule has 3 aliphatic heterocycles. The van der Waals surface area contributed by atoms with Gasteiger partial charge in [0.2, 0.25) is 5.91 Å². The number of rotatable bonds is 16. The number of amides is 2. The van der Waals surface area contributed by atoms with Crippen LogP contribution in [0.4, 0.5) is 5.69 Å². The fourth-order valence-corrected chi connectivity index (χ4v) is 9.32. The van der Waals surface area contributed by atoms with Gasteiger partial charge in [0.25, 0.3) is 5.91 Å². The molecule has 1 aromatic carbocycles. The summed E-state index contributed by atoms with van der Waals surface area (Å²) in [7, 11) is 1.60. The normalized spacial score (nSPS) is 27.9. The average Bonchev–Trinajstić information content (AvgIpc) is 3.57. The molecule has 3 heterocycles. The Labute approximate surface area is 248 Å². The van der Waals surface area contributed by atoms with E-state index in [0.717, 1.165) is 32.1 Å². The first-order valence-corrected chi connectivity index (χ1v) is 15.7. The van der Waals surface area contributed by atoms with Gasteiger partial charge in [-0.25, -0.2) is 0 Å². The van der Waals surface area contributed by atoms with Crippen LogP contribution in [0.15, 0.2) is 49.6 Å². The van der Waals surface area contributed by atoms with Crippen molar-refractivity contribution in [3.05, 3.63) is 49.6 Å². The molecule has 0 saturated carbocycles. The van der Waals surface area contributed by atoms with Gasteiger partial charge in [-0.05, 0) is 62.3 Å². The molecule has 3 fully saturated rings. The van der Waals surface area contributed by atoms with Crippen LogP contribution < -0.4 is 9.64 Å². The van der Waals surface area contributed by atoms with Gasteiger partial charge in [-0.15, -0.1) is 24.9 Å². The molecule has 0 aromatic heterocycles. The van der Waals surface area contributed by atoms with E-state index in [4.69, 9.17) is 9.47 Å². The molecule has 0 radical (unpaired) electrons. The Bertz CT molecular complexity index is 1110. The number of allylic oxidation sites excluding steroid dienone is 1. The zero-order chi connectivity index (χ0) is 29.6. The first-order chi connectivity index (χ1) is 19.8. The van der Waals surface area contributed by atoms with Gasteiger partial charge in [0.15, 0.2) is 0 Å². The van der Waals surface area contributed by atoms with E-state index in [9.17, 15) is 19.5 Å². The Balaban J connectivity index is 1.68. The second-order valence-corrected chi connectivity index (χ2v) is 12.8. The Hall–Kier alpha value is -2.78. The quantitative estimate of drug-likeness (QED) is 0.172. The number of likely N-dealkylation sites (tertiary alicyclic amines) is 1. The minimum Gasteiger partial charge on any atom is -0.497 e. The van der Waals surface area contributed by atoms with Crippen LogP contribution in [0.5, 0.6) is 5.75 Å². The van der Waals surface area contributed by atoms with Gasteiger partial charge in [0.1, 0.15) is 11.8 Å². The van der Waals surface area contributed by atoms with Gasteiger partial charge in [0, 0.05) is 30.6 Å². The first kappa shape index (κ1) is 31.2. The molecule has 6 atom stereocenters. The van der Waals surface area contributed by atoms with Gasteiger partial charge >= 0.3 is 5.97 Å². The van der Waals surface area contributed by atoms with E-state index in [1.807, 2.05) is 24.3 Å². The highest BCUT2D eigenvalue weighted by molar-refractivity contribution is 8.02. The summed E-state index contributed by atoms with van der Waals surface area (Å²) in [5.74, 6) is -0.988. The van der Waals surface area contributed by atoms with E-state index in [-0.39, 0.29) is 42.1 Å².